The molecule has 13 heavy (non-hydrogen) atoms. The number of nitrogens with two attached hydrogens (primary N) is 1. The van der Waals surface area contributed by atoms with Gasteiger partial charge >= 0.3 is 0 Å². The SMILES string of the molecule is CNC(COC1CCCC1)C(N)=O. The summed E-state index contributed by atoms with van der Waals surface area (Å²) < 4.78 is 5.55. The maximum atomic E-state index is 10.8. The van der Waals surface area contributed by atoms with Gasteiger partial charge in [0.2, 0.25) is 5.91 Å². The Labute approximate surface area is 78.8 Å². The molecule has 0 heterocycles. The Morgan fingerprint density at radius 2 is 2.23 bits per heavy atom. The van der Waals surface area contributed by atoms with E-state index in [1.165, 1.54) is 12.8 Å². The molecule has 0 saturated heterocycles. The molecule has 4 nitrogen and oxygen atoms in total. The molecule has 1 rings (SSSR count). The van der Waals surface area contributed by atoms with E-state index in [9.17, 15) is 4.79 Å². The lowest BCUT2D eigenvalue weighted by atomic mass is 10.3. The van der Waals surface area contributed by atoms with Crippen LogP contribution in [0.5, 0.6) is 0 Å². The van der Waals surface area contributed by atoms with Crippen LogP contribution >= 0.6 is 0 Å². The average molecular weight is 186 g/mol. The first kappa shape index (κ1) is 10.5. The van der Waals surface area contributed by atoms with Crippen LogP contribution in [0.25, 0.3) is 0 Å². The summed E-state index contributed by atoms with van der Waals surface area (Å²) in [5, 5.41) is 2.83. The van der Waals surface area contributed by atoms with Gasteiger partial charge in [0, 0.05) is 0 Å². The van der Waals surface area contributed by atoms with Crippen LogP contribution in [0.3, 0.4) is 0 Å². The summed E-state index contributed by atoms with van der Waals surface area (Å²) >= 11 is 0. The highest BCUT2D eigenvalue weighted by Gasteiger charge is 2.19. The number of nitrogens with one attached hydrogen (secondary N) is 1. The molecule has 1 atom stereocenters. The van der Waals surface area contributed by atoms with Crippen LogP contribution in [0.4, 0.5) is 0 Å². The number of ether oxygens (including phenoxy) is 1. The Morgan fingerprint density at radius 1 is 1.62 bits per heavy atom. The third-order valence-corrected chi connectivity index (χ3v) is 2.49. The summed E-state index contributed by atoms with van der Waals surface area (Å²) in [7, 11) is 1.72. The fourth-order valence-corrected chi connectivity index (χ4v) is 1.60. The number of rotatable bonds is 5. The van der Waals surface area contributed by atoms with E-state index in [0.717, 1.165) is 12.8 Å². The Hall–Kier alpha value is -0.610. The Morgan fingerprint density at radius 3 is 2.69 bits per heavy atom. The predicted molar refractivity (Wildman–Crippen MR) is 50.3 cm³/mol. The predicted octanol–water partition coefficient (Wildman–Crippen LogP) is 0.0189. The van der Waals surface area contributed by atoms with Crippen molar-refractivity contribution in [1.29, 1.82) is 0 Å². The van der Waals surface area contributed by atoms with Gasteiger partial charge in [0.05, 0.1) is 12.7 Å². The lowest BCUT2D eigenvalue weighted by molar-refractivity contribution is -0.121. The minimum atomic E-state index is -0.347. The third-order valence-electron chi connectivity index (χ3n) is 2.49. The minimum absolute atomic E-state index is 0.343. The van der Waals surface area contributed by atoms with Gasteiger partial charge in [0.15, 0.2) is 0 Å². The molecule has 0 aliphatic heterocycles. The molecular weight excluding hydrogens is 168 g/mol. The molecule has 0 radical (unpaired) electrons. The average Bonchev–Trinajstić information content (AvgIpc) is 2.57. The van der Waals surface area contributed by atoms with Gasteiger partial charge in [-0.3, -0.25) is 4.79 Å². The molecule has 0 aromatic carbocycles. The zero-order valence-electron chi connectivity index (χ0n) is 8.08. The van der Waals surface area contributed by atoms with E-state index in [1.807, 2.05) is 0 Å². The summed E-state index contributed by atoms with van der Waals surface area (Å²) in [6.45, 7) is 0.399. The monoisotopic (exact) mass is 186 g/mol. The molecular formula is C9H18N2O2. The van der Waals surface area contributed by atoms with Crippen molar-refractivity contribution in [2.45, 2.75) is 37.8 Å². The summed E-state index contributed by atoms with van der Waals surface area (Å²) in [4.78, 5) is 10.8. The second kappa shape index (κ2) is 5.19. The second-order valence-electron chi connectivity index (χ2n) is 3.48. The number of primary amides is 1. The molecule has 1 aliphatic carbocycles. The molecule has 0 spiro atoms. The van der Waals surface area contributed by atoms with Gasteiger partial charge in [-0.25, -0.2) is 0 Å². The second-order valence-corrected chi connectivity index (χ2v) is 3.48. The molecule has 1 saturated carbocycles. The molecule has 1 amide bonds. The first-order valence-corrected chi connectivity index (χ1v) is 4.82. The normalized spacial score (nSPS) is 20.4. The first-order chi connectivity index (χ1) is 6.24. The maximum Gasteiger partial charge on any atom is 0.236 e. The fourth-order valence-electron chi connectivity index (χ4n) is 1.60. The Balaban J connectivity index is 2.18. The summed E-state index contributed by atoms with van der Waals surface area (Å²) in [5.41, 5.74) is 5.15. The number of hydrogen-bond acceptors (Lipinski definition) is 3. The summed E-state index contributed by atoms with van der Waals surface area (Å²) in [6, 6.07) is -0.347. The van der Waals surface area contributed by atoms with Gasteiger partial charge in [-0.2, -0.15) is 0 Å². The molecule has 1 unspecified atom stereocenters. The number of amides is 1. The van der Waals surface area contributed by atoms with Crippen LogP contribution in [0.1, 0.15) is 25.7 Å². The largest absolute Gasteiger partial charge is 0.376 e. The zero-order valence-corrected chi connectivity index (χ0v) is 8.08. The lowest BCUT2D eigenvalue weighted by Crippen LogP contribution is -2.43. The lowest BCUT2D eigenvalue weighted by Gasteiger charge is -2.16. The third kappa shape index (κ3) is 3.32. The van der Waals surface area contributed by atoms with Crippen molar-refractivity contribution in [2.24, 2.45) is 5.73 Å². The maximum absolute atomic E-state index is 10.8. The molecule has 3 N–H and O–H groups in total. The van der Waals surface area contributed by atoms with Crippen LogP contribution in [0, 0.1) is 0 Å². The molecule has 76 valence electrons. The topological polar surface area (TPSA) is 64.3 Å². The summed E-state index contributed by atoms with van der Waals surface area (Å²) in [6.07, 6.45) is 5.07. The molecule has 4 heteroatoms. The molecule has 1 aliphatic rings. The standard InChI is InChI=1S/C9H18N2O2/c1-11-8(9(10)12)6-13-7-4-2-3-5-7/h7-8,11H,2-6H2,1H3,(H2,10,12). The first-order valence-electron chi connectivity index (χ1n) is 4.82. The van der Waals surface area contributed by atoms with Crippen molar-refractivity contribution in [3.8, 4) is 0 Å². The van der Waals surface area contributed by atoms with Crippen LogP contribution in [-0.2, 0) is 9.53 Å². The zero-order chi connectivity index (χ0) is 9.68. The van der Waals surface area contributed by atoms with Crippen molar-refractivity contribution in [3.05, 3.63) is 0 Å². The highest BCUT2D eigenvalue weighted by atomic mass is 16.5. The van der Waals surface area contributed by atoms with E-state index in [0.29, 0.717) is 12.7 Å². The van der Waals surface area contributed by atoms with Crippen molar-refractivity contribution < 1.29 is 9.53 Å². The van der Waals surface area contributed by atoms with Gasteiger partial charge < -0.3 is 15.8 Å². The quantitative estimate of drug-likeness (QED) is 0.636. The van der Waals surface area contributed by atoms with E-state index in [-0.39, 0.29) is 11.9 Å². The van der Waals surface area contributed by atoms with Gasteiger partial charge in [-0.15, -0.1) is 0 Å². The summed E-state index contributed by atoms with van der Waals surface area (Å²) in [5.74, 6) is -0.347. The van der Waals surface area contributed by atoms with E-state index < -0.39 is 0 Å². The van der Waals surface area contributed by atoms with Crippen molar-refractivity contribution in [3.63, 3.8) is 0 Å². The highest BCUT2D eigenvalue weighted by Crippen LogP contribution is 2.20. The fraction of sp³-hybridized carbons (Fsp3) is 0.889. The van der Waals surface area contributed by atoms with Crippen LogP contribution in [-0.4, -0.2) is 31.7 Å². The van der Waals surface area contributed by atoms with Crippen molar-refractivity contribution in [2.75, 3.05) is 13.7 Å². The smallest absolute Gasteiger partial charge is 0.236 e. The van der Waals surface area contributed by atoms with E-state index in [2.05, 4.69) is 5.32 Å². The molecule has 0 bridgehead atoms. The van der Waals surface area contributed by atoms with E-state index in [1.54, 1.807) is 7.05 Å². The Kier molecular flexibility index (Phi) is 4.18. The molecule has 0 aromatic heterocycles. The highest BCUT2D eigenvalue weighted by molar-refractivity contribution is 5.79. The number of likely N-dealkylation sites (N-methyl/N-ethyl adjacent to an activating group) is 1. The van der Waals surface area contributed by atoms with Crippen LogP contribution in [0.15, 0.2) is 0 Å². The van der Waals surface area contributed by atoms with Gasteiger partial charge in [0.1, 0.15) is 6.04 Å². The van der Waals surface area contributed by atoms with Crippen LogP contribution < -0.4 is 11.1 Å². The number of carbonyl (C=O) groups is 1. The van der Waals surface area contributed by atoms with Gasteiger partial charge in [0.25, 0.3) is 0 Å². The van der Waals surface area contributed by atoms with Crippen LogP contribution in [0.2, 0.25) is 0 Å². The van der Waals surface area contributed by atoms with Gasteiger partial charge in [-0.05, 0) is 19.9 Å². The van der Waals surface area contributed by atoms with Crippen molar-refractivity contribution >= 4 is 5.91 Å². The number of carbonyl (C=O) groups excluding carboxylic acids is 1. The minimum Gasteiger partial charge on any atom is -0.376 e. The molecule has 1 fully saturated rings. The Bertz CT molecular complexity index is 167. The van der Waals surface area contributed by atoms with Crippen molar-refractivity contribution in [1.82, 2.24) is 5.32 Å². The number of hydrogen-bond donors (Lipinski definition) is 2. The molecule has 0 aromatic rings. The van der Waals surface area contributed by atoms with E-state index in [4.69, 9.17) is 10.5 Å². The van der Waals surface area contributed by atoms with Gasteiger partial charge in [-0.1, -0.05) is 12.8 Å². The van der Waals surface area contributed by atoms with E-state index >= 15 is 0 Å².